The molecule has 1 heterocycles. The van der Waals surface area contributed by atoms with Crippen molar-refractivity contribution in [1.82, 2.24) is 0 Å². The predicted octanol–water partition coefficient (Wildman–Crippen LogP) is 4.53. The molecule has 0 amide bonds. The minimum atomic E-state index is -0.171. The first-order valence-corrected chi connectivity index (χ1v) is 7.38. The number of ether oxygens (including phenoxy) is 2. The molecular weight excluding hydrogens is 309 g/mol. The fourth-order valence-corrected chi connectivity index (χ4v) is 3.12. The lowest BCUT2D eigenvalue weighted by atomic mass is 9.93. The van der Waals surface area contributed by atoms with E-state index in [1.807, 2.05) is 30.3 Å². The Morgan fingerprint density at radius 1 is 1.14 bits per heavy atom. The highest BCUT2D eigenvalue weighted by Gasteiger charge is 2.27. The topological polar surface area (TPSA) is 44.5 Å². The lowest BCUT2D eigenvalue weighted by molar-refractivity contribution is 0.161. The molecule has 0 saturated carbocycles. The van der Waals surface area contributed by atoms with Crippen LogP contribution in [-0.4, -0.2) is 7.11 Å². The summed E-state index contributed by atoms with van der Waals surface area (Å²) in [6.45, 7) is 0. The van der Waals surface area contributed by atoms with Crippen molar-refractivity contribution in [3.05, 3.63) is 57.6 Å². The number of nitrogens with two attached hydrogens (primary N) is 1. The van der Waals surface area contributed by atoms with Crippen molar-refractivity contribution >= 4 is 23.2 Å². The van der Waals surface area contributed by atoms with Crippen LogP contribution in [0.1, 0.15) is 29.7 Å². The van der Waals surface area contributed by atoms with Crippen molar-refractivity contribution in [2.75, 3.05) is 7.11 Å². The highest BCUT2D eigenvalue weighted by atomic mass is 35.5. The van der Waals surface area contributed by atoms with E-state index < -0.39 is 0 Å². The summed E-state index contributed by atoms with van der Waals surface area (Å²) in [7, 11) is 1.62. The van der Waals surface area contributed by atoms with E-state index in [4.69, 9.17) is 38.4 Å². The van der Waals surface area contributed by atoms with Gasteiger partial charge in [0.2, 0.25) is 0 Å². The summed E-state index contributed by atoms with van der Waals surface area (Å²) >= 11 is 12.1. The van der Waals surface area contributed by atoms with E-state index in [0.29, 0.717) is 16.5 Å². The summed E-state index contributed by atoms with van der Waals surface area (Å²) in [5.41, 5.74) is 8.17. The van der Waals surface area contributed by atoms with Crippen LogP contribution in [0.4, 0.5) is 0 Å². The number of halogens is 2. The molecule has 2 N–H and O–H groups in total. The van der Waals surface area contributed by atoms with Crippen LogP contribution in [0.2, 0.25) is 10.0 Å². The third-order valence-corrected chi connectivity index (χ3v) is 4.05. The van der Waals surface area contributed by atoms with E-state index in [9.17, 15) is 0 Å². The maximum atomic E-state index is 6.25. The zero-order valence-electron chi connectivity index (χ0n) is 11.5. The van der Waals surface area contributed by atoms with Gasteiger partial charge in [-0.2, -0.15) is 0 Å². The number of rotatable bonds is 2. The smallest absolute Gasteiger partial charge is 0.128 e. The summed E-state index contributed by atoms with van der Waals surface area (Å²) < 4.78 is 11.3. The normalized spacial score (nSPS) is 20.6. The van der Waals surface area contributed by atoms with Crippen LogP contribution in [0.15, 0.2) is 36.4 Å². The number of hydrogen-bond acceptors (Lipinski definition) is 3. The van der Waals surface area contributed by atoms with Gasteiger partial charge in [-0.25, -0.2) is 0 Å². The predicted molar refractivity (Wildman–Crippen MR) is 84.4 cm³/mol. The summed E-state index contributed by atoms with van der Waals surface area (Å²) in [6, 6.07) is 11.0. The van der Waals surface area contributed by atoms with Crippen molar-refractivity contribution in [2.45, 2.75) is 18.6 Å². The summed E-state index contributed by atoms with van der Waals surface area (Å²) in [5.74, 6) is 1.49. The summed E-state index contributed by atoms with van der Waals surface area (Å²) in [6.07, 6.45) is 0.506. The molecule has 3 nitrogen and oxygen atoms in total. The first-order chi connectivity index (χ1) is 10.1. The monoisotopic (exact) mass is 323 g/mol. The van der Waals surface area contributed by atoms with Crippen LogP contribution < -0.4 is 15.2 Å². The quantitative estimate of drug-likeness (QED) is 0.883. The molecule has 0 aliphatic carbocycles. The van der Waals surface area contributed by atoms with Crippen LogP contribution in [0, 0.1) is 0 Å². The van der Waals surface area contributed by atoms with E-state index in [1.165, 1.54) is 0 Å². The van der Waals surface area contributed by atoms with Gasteiger partial charge in [-0.3, -0.25) is 0 Å². The molecule has 0 radical (unpaired) electrons. The van der Waals surface area contributed by atoms with Crippen molar-refractivity contribution < 1.29 is 9.47 Å². The Morgan fingerprint density at radius 2 is 1.86 bits per heavy atom. The standard InChI is InChI=1S/C16H15Cl2NO2/c1-20-12-2-3-13-14(19)8-15(21-16(13)7-12)9-4-10(17)6-11(18)5-9/h2-7,14-15H,8,19H2,1H3/t14-,15?/m0/s1. The molecule has 0 aromatic heterocycles. The minimum absolute atomic E-state index is 0.0950. The Bertz CT molecular complexity index is 655. The Hall–Kier alpha value is -1.42. The van der Waals surface area contributed by atoms with E-state index in [2.05, 4.69) is 0 Å². The van der Waals surface area contributed by atoms with Gasteiger partial charge in [0.05, 0.1) is 7.11 Å². The Labute approximate surface area is 133 Å². The Morgan fingerprint density at radius 3 is 2.52 bits per heavy atom. The van der Waals surface area contributed by atoms with Gasteiger partial charge in [-0.05, 0) is 29.8 Å². The number of hydrogen-bond donors (Lipinski definition) is 1. The Balaban J connectivity index is 1.96. The first kappa shape index (κ1) is 14.5. The van der Waals surface area contributed by atoms with Gasteiger partial charge in [0.1, 0.15) is 17.6 Å². The maximum Gasteiger partial charge on any atom is 0.128 e. The highest BCUT2D eigenvalue weighted by Crippen LogP contribution is 2.42. The average molecular weight is 324 g/mol. The molecule has 0 fully saturated rings. The first-order valence-electron chi connectivity index (χ1n) is 6.63. The van der Waals surface area contributed by atoms with Crippen LogP contribution >= 0.6 is 23.2 Å². The molecule has 21 heavy (non-hydrogen) atoms. The largest absolute Gasteiger partial charge is 0.497 e. The molecule has 0 bridgehead atoms. The van der Waals surface area contributed by atoms with Gasteiger partial charge in [0.15, 0.2) is 0 Å². The van der Waals surface area contributed by atoms with Gasteiger partial charge in [0, 0.05) is 34.1 Å². The second kappa shape index (κ2) is 5.76. The van der Waals surface area contributed by atoms with Gasteiger partial charge >= 0.3 is 0 Å². The van der Waals surface area contributed by atoms with Crippen LogP contribution in [0.25, 0.3) is 0 Å². The van der Waals surface area contributed by atoms with Gasteiger partial charge < -0.3 is 15.2 Å². The number of fused-ring (bicyclic) bond motifs is 1. The summed E-state index contributed by atoms with van der Waals surface area (Å²) in [5, 5.41) is 1.18. The second-order valence-electron chi connectivity index (χ2n) is 5.06. The molecule has 2 aromatic carbocycles. The van der Waals surface area contributed by atoms with Gasteiger partial charge in [0.25, 0.3) is 0 Å². The van der Waals surface area contributed by atoms with E-state index in [0.717, 1.165) is 22.6 Å². The third-order valence-electron chi connectivity index (χ3n) is 3.61. The SMILES string of the molecule is COc1ccc2c(c1)OC(c1cc(Cl)cc(Cl)c1)C[C@@H]2N. The van der Waals surface area contributed by atoms with Gasteiger partial charge in [-0.15, -0.1) is 0 Å². The van der Waals surface area contributed by atoms with Crippen molar-refractivity contribution in [3.8, 4) is 11.5 Å². The third kappa shape index (κ3) is 2.95. The van der Waals surface area contributed by atoms with E-state index in [-0.39, 0.29) is 12.1 Å². The fraction of sp³-hybridized carbons (Fsp3) is 0.250. The van der Waals surface area contributed by atoms with Crippen LogP contribution in [0.3, 0.4) is 0 Å². The Kier molecular flexibility index (Phi) is 3.98. The molecule has 3 rings (SSSR count). The number of benzene rings is 2. The lowest BCUT2D eigenvalue weighted by Crippen LogP contribution is -2.24. The lowest BCUT2D eigenvalue weighted by Gasteiger charge is -2.31. The number of methoxy groups -OCH3 is 1. The van der Waals surface area contributed by atoms with Gasteiger partial charge in [-0.1, -0.05) is 29.3 Å². The molecule has 1 unspecified atom stereocenters. The molecule has 5 heteroatoms. The zero-order chi connectivity index (χ0) is 15.0. The second-order valence-corrected chi connectivity index (χ2v) is 5.93. The van der Waals surface area contributed by atoms with Crippen molar-refractivity contribution in [2.24, 2.45) is 5.73 Å². The fourth-order valence-electron chi connectivity index (χ4n) is 2.57. The average Bonchev–Trinajstić information content (AvgIpc) is 2.45. The van der Waals surface area contributed by atoms with Crippen LogP contribution in [0.5, 0.6) is 11.5 Å². The molecule has 2 aromatic rings. The zero-order valence-corrected chi connectivity index (χ0v) is 13.0. The van der Waals surface area contributed by atoms with Crippen molar-refractivity contribution in [3.63, 3.8) is 0 Å². The van der Waals surface area contributed by atoms with Crippen molar-refractivity contribution in [1.29, 1.82) is 0 Å². The highest BCUT2D eigenvalue weighted by molar-refractivity contribution is 6.34. The molecule has 1 aliphatic heterocycles. The molecule has 1 aliphatic rings. The molecule has 0 saturated heterocycles. The molecular formula is C16H15Cl2NO2. The van der Waals surface area contributed by atoms with E-state index in [1.54, 1.807) is 13.2 Å². The van der Waals surface area contributed by atoms with E-state index >= 15 is 0 Å². The molecule has 110 valence electrons. The molecule has 0 spiro atoms. The maximum absolute atomic E-state index is 6.25. The molecule has 2 atom stereocenters. The summed E-state index contributed by atoms with van der Waals surface area (Å²) in [4.78, 5) is 0. The van der Waals surface area contributed by atoms with Crippen LogP contribution in [-0.2, 0) is 0 Å². The minimum Gasteiger partial charge on any atom is -0.497 e.